The van der Waals surface area contributed by atoms with Gasteiger partial charge in [0.2, 0.25) is 0 Å². The number of hydrogen-bond donors (Lipinski definition) is 0. The second-order valence-electron chi connectivity index (χ2n) is 10.1. The molecule has 7 rings (SSSR count). The summed E-state index contributed by atoms with van der Waals surface area (Å²) in [6.45, 7) is 4.56. The first-order valence-electron chi connectivity index (χ1n) is 13.0. The third-order valence-corrected chi connectivity index (χ3v) is 7.52. The highest BCUT2D eigenvalue weighted by Gasteiger charge is 2.16. The molecule has 0 unspecified atom stereocenters. The Kier molecular flexibility index (Phi) is 5.00. The highest BCUT2D eigenvalue weighted by Crippen LogP contribution is 2.37. The zero-order chi connectivity index (χ0) is 24.9. The van der Waals surface area contributed by atoms with E-state index in [4.69, 9.17) is 0 Å². The van der Waals surface area contributed by atoms with Crippen molar-refractivity contribution in [2.75, 3.05) is 0 Å². The van der Waals surface area contributed by atoms with Crippen LogP contribution in [0.3, 0.4) is 0 Å². The number of para-hydroxylation sites is 2. The Morgan fingerprint density at radius 1 is 0.541 bits per heavy atom. The number of benzene rings is 5. The van der Waals surface area contributed by atoms with E-state index in [1.165, 1.54) is 60.8 Å². The molecule has 0 atom stereocenters. The molecule has 178 valence electrons. The first-order chi connectivity index (χ1) is 18.2. The molecular formula is C35H28N2. The van der Waals surface area contributed by atoms with Crippen LogP contribution in [-0.4, -0.2) is 9.13 Å². The average molecular weight is 477 g/mol. The lowest BCUT2D eigenvalue weighted by atomic mass is 9.92. The van der Waals surface area contributed by atoms with Gasteiger partial charge in [-0.2, -0.15) is 0 Å². The molecule has 0 aliphatic carbocycles. The van der Waals surface area contributed by atoms with E-state index in [2.05, 4.69) is 151 Å². The van der Waals surface area contributed by atoms with Gasteiger partial charge in [-0.3, -0.25) is 0 Å². The molecule has 2 aromatic heterocycles. The first-order valence-corrected chi connectivity index (χ1v) is 13.0. The van der Waals surface area contributed by atoms with Crippen molar-refractivity contribution in [1.82, 2.24) is 9.13 Å². The molecule has 0 saturated heterocycles. The molecule has 2 heterocycles. The molecule has 0 spiro atoms. The number of fused-ring (bicyclic) bond motifs is 4. The molecule has 2 nitrogen and oxygen atoms in total. The largest absolute Gasteiger partial charge is 0.316 e. The van der Waals surface area contributed by atoms with Crippen molar-refractivity contribution in [1.29, 1.82) is 0 Å². The van der Waals surface area contributed by atoms with E-state index in [9.17, 15) is 0 Å². The van der Waals surface area contributed by atoms with Gasteiger partial charge in [-0.15, -0.1) is 0 Å². The van der Waals surface area contributed by atoms with Gasteiger partial charge in [-0.1, -0.05) is 86.6 Å². The van der Waals surface area contributed by atoms with Crippen molar-refractivity contribution >= 4 is 32.7 Å². The van der Waals surface area contributed by atoms with Gasteiger partial charge in [0, 0.05) is 33.7 Å². The van der Waals surface area contributed by atoms with Crippen LogP contribution in [0.25, 0.3) is 55.2 Å². The molecule has 37 heavy (non-hydrogen) atoms. The lowest BCUT2D eigenvalue weighted by Crippen LogP contribution is -1.98. The fourth-order valence-electron chi connectivity index (χ4n) is 5.74. The molecule has 5 aromatic carbocycles. The van der Waals surface area contributed by atoms with E-state index in [0.717, 1.165) is 0 Å². The van der Waals surface area contributed by atoms with Crippen LogP contribution in [0.4, 0.5) is 0 Å². The maximum Gasteiger partial charge on any atom is 0.0562 e. The zero-order valence-corrected chi connectivity index (χ0v) is 21.1. The Bertz CT molecular complexity index is 1890. The molecule has 0 bridgehead atoms. The second-order valence-corrected chi connectivity index (χ2v) is 10.1. The standard InChI is InChI=1S/C35H28N2/c1-24(2)31-22-28(17-18-29(31)25-11-5-3-6-12-25)36-20-19-26-21-32-30-15-9-10-16-33(30)37(35(32)23-34(26)36)27-13-7-4-8-14-27/h3-24H,1-2H3. The summed E-state index contributed by atoms with van der Waals surface area (Å²) in [6.07, 6.45) is 2.21. The van der Waals surface area contributed by atoms with Crippen LogP contribution in [0.2, 0.25) is 0 Å². The summed E-state index contributed by atoms with van der Waals surface area (Å²) in [6, 6.07) is 43.9. The average Bonchev–Trinajstić information content (AvgIpc) is 3.51. The smallest absolute Gasteiger partial charge is 0.0562 e. The van der Waals surface area contributed by atoms with E-state index in [-0.39, 0.29) is 0 Å². The molecule has 2 heteroatoms. The van der Waals surface area contributed by atoms with Crippen LogP contribution < -0.4 is 0 Å². The van der Waals surface area contributed by atoms with Crippen molar-refractivity contribution in [3.05, 3.63) is 133 Å². The summed E-state index contributed by atoms with van der Waals surface area (Å²) in [5.41, 5.74) is 9.99. The second kappa shape index (κ2) is 8.53. The monoisotopic (exact) mass is 476 g/mol. The number of hydrogen-bond acceptors (Lipinski definition) is 0. The van der Waals surface area contributed by atoms with E-state index >= 15 is 0 Å². The van der Waals surface area contributed by atoms with Crippen molar-refractivity contribution in [3.8, 4) is 22.5 Å². The number of rotatable bonds is 4. The van der Waals surface area contributed by atoms with Crippen LogP contribution in [0.1, 0.15) is 25.3 Å². The van der Waals surface area contributed by atoms with E-state index in [1.807, 2.05) is 0 Å². The summed E-state index contributed by atoms with van der Waals surface area (Å²) in [5.74, 6) is 0.421. The van der Waals surface area contributed by atoms with Crippen LogP contribution in [0.15, 0.2) is 128 Å². The number of aromatic nitrogens is 2. The molecule has 0 aliphatic rings. The molecule has 0 fully saturated rings. The van der Waals surface area contributed by atoms with Crippen molar-refractivity contribution in [2.45, 2.75) is 19.8 Å². The maximum atomic E-state index is 2.39. The van der Waals surface area contributed by atoms with Gasteiger partial charge in [0.05, 0.1) is 16.6 Å². The van der Waals surface area contributed by atoms with Gasteiger partial charge in [0.25, 0.3) is 0 Å². The van der Waals surface area contributed by atoms with Crippen LogP contribution in [0.5, 0.6) is 0 Å². The lowest BCUT2D eigenvalue weighted by Gasteiger charge is -2.16. The van der Waals surface area contributed by atoms with Gasteiger partial charge in [-0.05, 0) is 71.1 Å². The van der Waals surface area contributed by atoms with Gasteiger partial charge in [0.15, 0.2) is 0 Å². The Labute approximate surface area is 217 Å². The minimum Gasteiger partial charge on any atom is -0.316 e. The highest BCUT2D eigenvalue weighted by molar-refractivity contribution is 6.13. The molecule has 0 saturated carbocycles. The Morgan fingerprint density at radius 2 is 1.27 bits per heavy atom. The molecule has 0 radical (unpaired) electrons. The highest BCUT2D eigenvalue weighted by atomic mass is 15.0. The minimum absolute atomic E-state index is 0.421. The fraction of sp³-hybridized carbons (Fsp3) is 0.0857. The normalized spacial score (nSPS) is 11.8. The van der Waals surface area contributed by atoms with Gasteiger partial charge in [-0.25, -0.2) is 0 Å². The summed E-state index contributed by atoms with van der Waals surface area (Å²) >= 11 is 0. The van der Waals surface area contributed by atoms with E-state index in [0.29, 0.717) is 5.92 Å². The summed E-state index contributed by atoms with van der Waals surface area (Å²) < 4.78 is 4.72. The fourth-order valence-corrected chi connectivity index (χ4v) is 5.74. The third kappa shape index (κ3) is 3.48. The maximum absolute atomic E-state index is 2.39. The molecule has 0 aliphatic heterocycles. The quantitative estimate of drug-likeness (QED) is 0.239. The van der Waals surface area contributed by atoms with Gasteiger partial charge < -0.3 is 9.13 Å². The topological polar surface area (TPSA) is 9.86 Å². The van der Waals surface area contributed by atoms with E-state index < -0.39 is 0 Å². The molecular weight excluding hydrogens is 448 g/mol. The molecule has 0 N–H and O–H groups in total. The Morgan fingerprint density at radius 3 is 2.05 bits per heavy atom. The van der Waals surface area contributed by atoms with Crippen molar-refractivity contribution < 1.29 is 0 Å². The summed E-state index contributed by atoms with van der Waals surface area (Å²) in [4.78, 5) is 0. The SMILES string of the molecule is CC(C)c1cc(-n2ccc3cc4c5ccccc5n(-c5ccccc5)c4cc32)ccc1-c1ccccc1. The first kappa shape index (κ1) is 21.7. The lowest BCUT2D eigenvalue weighted by molar-refractivity contribution is 0.866. The minimum atomic E-state index is 0.421. The van der Waals surface area contributed by atoms with Crippen LogP contribution >= 0.6 is 0 Å². The van der Waals surface area contributed by atoms with Gasteiger partial charge in [0.1, 0.15) is 0 Å². The summed E-state index contributed by atoms with van der Waals surface area (Å²) in [5, 5.41) is 3.82. The third-order valence-electron chi connectivity index (χ3n) is 7.52. The van der Waals surface area contributed by atoms with Crippen molar-refractivity contribution in [2.24, 2.45) is 0 Å². The van der Waals surface area contributed by atoms with Gasteiger partial charge >= 0.3 is 0 Å². The Balaban J connectivity index is 1.47. The summed E-state index contributed by atoms with van der Waals surface area (Å²) in [7, 11) is 0. The zero-order valence-electron chi connectivity index (χ0n) is 21.1. The molecule has 7 aromatic rings. The molecule has 0 amide bonds. The van der Waals surface area contributed by atoms with Crippen LogP contribution in [-0.2, 0) is 0 Å². The predicted octanol–water partition coefficient (Wildman–Crippen LogP) is 9.52. The van der Waals surface area contributed by atoms with Crippen molar-refractivity contribution in [3.63, 3.8) is 0 Å². The number of nitrogens with zero attached hydrogens (tertiary/aromatic N) is 2. The van der Waals surface area contributed by atoms with Crippen LogP contribution in [0, 0.1) is 0 Å². The van der Waals surface area contributed by atoms with E-state index in [1.54, 1.807) is 0 Å². The predicted molar refractivity (Wildman–Crippen MR) is 157 cm³/mol. The Hall–Kier alpha value is -4.56.